The van der Waals surface area contributed by atoms with Crippen LogP contribution in [0.5, 0.6) is 0 Å². The minimum absolute atomic E-state index is 0.224. The van der Waals surface area contributed by atoms with Crippen LogP contribution in [0.15, 0.2) is 47.4 Å². The van der Waals surface area contributed by atoms with Gasteiger partial charge in [-0.25, -0.2) is 12.8 Å². The maximum Gasteiger partial charge on any atom is 0.175 e. The zero-order chi connectivity index (χ0) is 15.5. The number of rotatable bonds is 5. The first-order valence-electron chi connectivity index (χ1n) is 6.30. The van der Waals surface area contributed by atoms with Gasteiger partial charge >= 0.3 is 0 Å². The molecule has 0 atom stereocenters. The lowest BCUT2D eigenvalue weighted by molar-refractivity contribution is 0.598. The molecule has 0 aromatic heterocycles. The van der Waals surface area contributed by atoms with Crippen molar-refractivity contribution in [3.8, 4) is 0 Å². The summed E-state index contributed by atoms with van der Waals surface area (Å²) in [5, 5.41) is 3.53. The Bertz CT molecular complexity index is 730. The highest BCUT2D eigenvalue weighted by molar-refractivity contribution is 7.90. The van der Waals surface area contributed by atoms with Gasteiger partial charge in [0.2, 0.25) is 0 Å². The fraction of sp³-hybridized carbons (Fsp3) is 0.200. The van der Waals surface area contributed by atoms with Gasteiger partial charge < -0.3 is 5.32 Å². The molecule has 0 aliphatic rings. The first-order valence-corrected chi connectivity index (χ1v) is 8.57. The molecule has 0 bridgehead atoms. The van der Waals surface area contributed by atoms with Crippen molar-refractivity contribution in [2.75, 3.05) is 6.26 Å². The summed E-state index contributed by atoms with van der Waals surface area (Å²) in [6, 6.07) is 10.9. The van der Waals surface area contributed by atoms with Gasteiger partial charge in [0.05, 0.1) is 4.90 Å². The van der Waals surface area contributed by atoms with E-state index in [1.54, 1.807) is 24.3 Å². The van der Waals surface area contributed by atoms with E-state index in [4.69, 9.17) is 11.6 Å². The molecule has 2 aromatic carbocycles. The maximum absolute atomic E-state index is 12.8. The second kappa shape index (κ2) is 6.56. The summed E-state index contributed by atoms with van der Waals surface area (Å²) in [6.45, 7) is 0.814. The molecule has 2 aromatic rings. The van der Waals surface area contributed by atoms with Crippen molar-refractivity contribution in [1.82, 2.24) is 5.32 Å². The van der Waals surface area contributed by atoms with Crippen LogP contribution in [0.2, 0.25) is 5.02 Å². The van der Waals surface area contributed by atoms with Crippen molar-refractivity contribution < 1.29 is 12.8 Å². The fourth-order valence-electron chi connectivity index (χ4n) is 1.99. The molecule has 0 fully saturated rings. The van der Waals surface area contributed by atoms with Crippen molar-refractivity contribution in [3.63, 3.8) is 0 Å². The lowest BCUT2D eigenvalue weighted by Gasteiger charge is -2.11. The van der Waals surface area contributed by atoms with Crippen LogP contribution in [0.1, 0.15) is 11.1 Å². The summed E-state index contributed by atoms with van der Waals surface area (Å²) in [4.78, 5) is 0.224. The summed E-state index contributed by atoms with van der Waals surface area (Å²) in [5.74, 6) is -0.288. The van der Waals surface area contributed by atoms with Crippen molar-refractivity contribution in [2.24, 2.45) is 0 Å². The van der Waals surface area contributed by atoms with E-state index >= 15 is 0 Å². The first-order chi connectivity index (χ1) is 9.88. The summed E-state index contributed by atoms with van der Waals surface area (Å²) < 4.78 is 36.3. The Morgan fingerprint density at radius 3 is 2.38 bits per heavy atom. The number of nitrogens with one attached hydrogen (secondary N) is 1. The monoisotopic (exact) mass is 327 g/mol. The van der Waals surface area contributed by atoms with Gasteiger partial charge in [-0.15, -0.1) is 0 Å². The molecule has 21 heavy (non-hydrogen) atoms. The van der Waals surface area contributed by atoms with Gasteiger partial charge in [-0.1, -0.05) is 29.8 Å². The third-order valence-corrected chi connectivity index (χ3v) is 4.56. The molecule has 112 valence electrons. The number of halogens is 2. The van der Waals surface area contributed by atoms with E-state index in [1.165, 1.54) is 18.2 Å². The van der Waals surface area contributed by atoms with Crippen LogP contribution in [0.25, 0.3) is 0 Å². The van der Waals surface area contributed by atoms with Gasteiger partial charge in [-0.2, -0.15) is 0 Å². The van der Waals surface area contributed by atoms with E-state index in [0.717, 1.165) is 11.8 Å². The van der Waals surface area contributed by atoms with E-state index in [9.17, 15) is 12.8 Å². The Labute approximate surface area is 128 Å². The van der Waals surface area contributed by atoms with Gasteiger partial charge in [0.1, 0.15) is 5.82 Å². The zero-order valence-electron chi connectivity index (χ0n) is 11.4. The van der Waals surface area contributed by atoms with Crippen LogP contribution in [0.3, 0.4) is 0 Å². The molecule has 0 spiro atoms. The number of benzene rings is 2. The van der Waals surface area contributed by atoms with E-state index in [1.807, 2.05) is 0 Å². The molecule has 0 saturated carbocycles. The molecule has 1 N–H and O–H groups in total. The Morgan fingerprint density at radius 1 is 1.10 bits per heavy atom. The second-order valence-electron chi connectivity index (χ2n) is 4.72. The second-order valence-corrected chi connectivity index (χ2v) is 7.11. The van der Waals surface area contributed by atoms with Crippen molar-refractivity contribution in [2.45, 2.75) is 18.0 Å². The molecule has 0 amide bonds. The van der Waals surface area contributed by atoms with E-state index < -0.39 is 9.84 Å². The van der Waals surface area contributed by atoms with Crippen LogP contribution < -0.4 is 5.32 Å². The van der Waals surface area contributed by atoms with Crippen LogP contribution in [-0.2, 0) is 22.9 Å². The highest BCUT2D eigenvalue weighted by atomic mass is 35.5. The zero-order valence-corrected chi connectivity index (χ0v) is 13.0. The molecular formula is C15H15ClFNO2S. The number of hydrogen-bond donors (Lipinski definition) is 1. The Morgan fingerprint density at radius 2 is 1.76 bits per heavy atom. The van der Waals surface area contributed by atoms with Gasteiger partial charge in [0, 0.05) is 29.9 Å². The average molecular weight is 328 g/mol. The highest BCUT2D eigenvalue weighted by Crippen LogP contribution is 2.23. The predicted molar refractivity (Wildman–Crippen MR) is 81.5 cm³/mol. The summed E-state index contributed by atoms with van der Waals surface area (Å²) in [7, 11) is -3.33. The summed E-state index contributed by atoms with van der Waals surface area (Å²) in [5.41, 5.74) is 1.45. The Kier molecular flexibility index (Phi) is 4.98. The molecule has 0 heterocycles. The molecule has 0 unspecified atom stereocenters. The lowest BCUT2D eigenvalue weighted by atomic mass is 10.2. The number of hydrogen-bond acceptors (Lipinski definition) is 3. The quantitative estimate of drug-likeness (QED) is 0.917. The Balaban J connectivity index is 2.11. The lowest BCUT2D eigenvalue weighted by Crippen LogP contribution is -2.15. The standard InChI is InChI=1S/C15H15ClFNO2S/c1-21(19,20)15-4-2-3-14(16)13(15)10-18-9-11-5-7-12(17)8-6-11/h2-8,18H,9-10H2,1H3. The molecular weight excluding hydrogens is 313 g/mol. The number of sulfone groups is 1. The smallest absolute Gasteiger partial charge is 0.175 e. The third kappa shape index (κ3) is 4.27. The van der Waals surface area contributed by atoms with Crippen LogP contribution in [0, 0.1) is 5.82 Å². The minimum atomic E-state index is -3.33. The topological polar surface area (TPSA) is 46.2 Å². The molecule has 2 rings (SSSR count). The van der Waals surface area contributed by atoms with Gasteiger partial charge in [-0.05, 0) is 29.8 Å². The summed E-state index contributed by atoms with van der Waals surface area (Å²) in [6.07, 6.45) is 1.15. The normalized spacial score (nSPS) is 11.6. The van der Waals surface area contributed by atoms with E-state index in [-0.39, 0.29) is 10.7 Å². The van der Waals surface area contributed by atoms with Crippen LogP contribution >= 0.6 is 11.6 Å². The van der Waals surface area contributed by atoms with Gasteiger partial charge in [-0.3, -0.25) is 0 Å². The molecule has 0 saturated heterocycles. The molecule has 0 radical (unpaired) electrons. The van der Waals surface area contributed by atoms with E-state index in [0.29, 0.717) is 23.7 Å². The van der Waals surface area contributed by atoms with Gasteiger partial charge in [0.25, 0.3) is 0 Å². The van der Waals surface area contributed by atoms with Gasteiger partial charge in [0.15, 0.2) is 9.84 Å². The average Bonchev–Trinajstić information content (AvgIpc) is 2.41. The van der Waals surface area contributed by atoms with Crippen molar-refractivity contribution in [3.05, 3.63) is 64.4 Å². The predicted octanol–water partition coefficient (Wildman–Crippen LogP) is 3.17. The minimum Gasteiger partial charge on any atom is -0.309 e. The molecule has 3 nitrogen and oxygen atoms in total. The maximum atomic E-state index is 12.8. The first kappa shape index (κ1) is 15.9. The molecule has 0 aliphatic heterocycles. The largest absolute Gasteiger partial charge is 0.309 e. The third-order valence-electron chi connectivity index (χ3n) is 3.02. The SMILES string of the molecule is CS(=O)(=O)c1cccc(Cl)c1CNCc1ccc(F)cc1. The van der Waals surface area contributed by atoms with Crippen LogP contribution in [-0.4, -0.2) is 14.7 Å². The fourth-order valence-corrected chi connectivity index (χ4v) is 3.24. The molecule has 0 aliphatic carbocycles. The summed E-state index contributed by atoms with van der Waals surface area (Å²) >= 11 is 6.08. The van der Waals surface area contributed by atoms with Crippen LogP contribution in [0.4, 0.5) is 4.39 Å². The molecule has 6 heteroatoms. The van der Waals surface area contributed by atoms with E-state index in [2.05, 4.69) is 5.32 Å². The van der Waals surface area contributed by atoms with Crippen molar-refractivity contribution >= 4 is 21.4 Å². The van der Waals surface area contributed by atoms with Crippen molar-refractivity contribution in [1.29, 1.82) is 0 Å². The Hall–Kier alpha value is -1.43. The highest BCUT2D eigenvalue weighted by Gasteiger charge is 2.15.